The molecule has 0 heterocycles. The number of rotatable bonds is 10. The van der Waals surface area contributed by atoms with Crippen molar-refractivity contribution >= 4 is 36.7 Å². The van der Waals surface area contributed by atoms with Crippen LogP contribution in [0.15, 0.2) is 0 Å². The molecule has 0 radical (unpaired) electrons. The summed E-state index contributed by atoms with van der Waals surface area (Å²) in [6.07, 6.45) is 0. The summed E-state index contributed by atoms with van der Waals surface area (Å²) in [5, 5.41) is 27.9. The molecule has 0 aliphatic heterocycles. The van der Waals surface area contributed by atoms with Gasteiger partial charge in [-0.15, -0.1) is 0 Å². The van der Waals surface area contributed by atoms with Crippen LogP contribution in [0.25, 0.3) is 0 Å². The summed E-state index contributed by atoms with van der Waals surface area (Å²) in [5.74, 6) is -0.989. The molecule has 7 nitrogen and oxygen atoms in total. The van der Waals surface area contributed by atoms with Crippen LogP contribution < -0.4 is 0 Å². The summed E-state index contributed by atoms with van der Waals surface area (Å²) in [4.78, 5) is 20.9. The Morgan fingerprint density at radius 1 is 0.885 bits per heavy atom. The van der Waals surface area contributed by atoms with Crippen LogP contribution in [0.3, 0.4) is 0 Å². The molecule has 26 heavy (non-hydrogen) atoms. The molecule has 0 aromatic rings. The van der Waals surface area contributed by atoms with E-state index in [9.17, 15) is 19.8 Å². The summed E-state index contributed by atoms with van der Waals surface area (Å²) >= 11 is -3.43. The molecule has 0 aliphatic rings. The van der Waals surface area contributed by atoms with E-state index in [0.717, 1.165) is 0 Å². The second-order valence-corrected chi connectivity index (χ2v) is 21.6. The quantitative estimate of drug-likeness (QED) is 0.344. The van der Waals surface area contributed by atoms with Crippen molar-refractivity contribution in [1.82, 2.24) is 0 Å². The van der Waals surface area contributed by atoms with E-state index in [4.69, 9.17) is 12.7 Å². The Balaban J connectivity index is -0.000000120. The summed E-state index contributed by atoms with van der Waals surface area (Å²) in [6, 6.07) is 0. The van der Waals surface area contributed by atoms with Crippen molar-refractivity contribution in [2.45, 2.75) is 86.5 Å². The monoisotopic (exact) mass is 484 g/mol. The Labute approximate surface area is 169 Å². The summed E-state index contributed by atoms with van der Waals surface area (Å²) in [7, 11) is -5.49. The van der Waals surface area contributed by atoms with Gasteiger partial charge in [0.05, 0.1) is 0 Å². The number of aliphatic hydroxyl groups is 2. The van der Waals surface area contributed by atoms with Crippen LogP contribution in [-0.2, 0) is 12.4 Å². The molecule has 0 atom stereocenters. The topological polar surface area (TPSA) is 116 Å². The number of aliphatic carboxylic acids is 1. The molecule has 0 unspecified atom stereocenters. The zero-order chi connectivity index (χ0) is 16.0. The number of carbonyl (C=O) groups is 1. The van der Waals surface area contributed by atoms with Gasteiger partial charge in [-0.3, -0.25) is 0 Å². The van der Waals surface area contributed by atoms with Gasteiger partial charge in [0.1, 0.15) is 0 Å². The molecule has 10 heteroatoms. The Kier molecular flexibility index (Phi) is 32.3. The van der Waals surface area contributed by atoms with Crippen LogP contribution in [0.5, 0.6) is 0 Å². The minimum atomic E-state index is -3.43. The second-order valence-electron chi connectivity index (χ2n) is 5.75. The van der Waals surface area contributed by atoms with E-state index in [-0.39, 0.29) is 73.5 Å². The molecule has 0 aliphatic carbocycles. The van der Waals surface area contributed by atoms with Gasteiger partial charge in [0.25, 0.3) is 0 Å². The SMILES string of the molecule is C.C.C.C.C.C.C[Si](C)(O)O[Si](C)(C)[O][Ge]([CH2]CO)([CH2]CO)[CH2]C(=O)O. The van der Waals surface area contributed by atoms with E-state index < -0.39 is 36.7 Å². The molecule has 0 saturated heterocycles. The first-order valence-electron chi connectivity index (χ1n) is 6.51. The van der Waals surface area contributed by atoms with Gasteiger partial charge in [-0.1, -0.05) is 44.6 Å². The molecule has 0 saturated carbocycles. The average Bonchev–Trinajstić information content (AvgIpc) is 2.10. The Hall–Kier alpha value is 0.247. The van der Waals surface area contributed by atoms with Gasteiger partial charge in [-0.05, 0) is 0 Å². The van der Waals surface area contributed by atoms with Crippen molar-refractivity contribution in [3.8, 4) is 0 Å². The summed E-state index contributed by atoms with van der Waals surface area (Å²) in [5.41, 5.74) is 0. The minimum absolute atomic E-state index is 0. The van der Waals surface area contributed by atoms with Crippen molar-refractivity contribution in [2.24, 2.45) is 0 Å². The first kappa shape index (κ1) is 45.2. The van der Waals surface area contributed by atoms with Gasteiger partial charge in [-0.25, -0.2) is 0 Å². The molecule has 0 aromatic carbocycles. The molecule has 4 N–H and O–H groups in total. The fraction of sp³-hybridized carbons (Fsp3) is 0.938. The van der Waals surface area contributed by atoms with Gasteiger partial charge < -0.3 is 0 Å². The molecule has 0 amide bonds. The third kappa shape index (κ3) is 20.6. The zero-order valence-electron chi connectivity index (χ0n) is 12.5. The maximum absolute atomic E-state index is 11.1. The molecule has 168 valence electrons. The molecule has 0 rings (SSSR count). The van der Waals surface area contributed by atoms with Gasteiger partial charge in [0.15, 0.2) is 0 Å². The van der Waals surface area contributed by atoms with Crippen LogP contribution in [0.4, 0.5) is 0 Å². The Morgan fingerprint density at radius 2 is 1.23 bits per heavy atom. The van der Waals surface area contributed by atoms with Crippen molar-refractivity contribution in [3.63, 3.8) is 0 Å². The van der Waals surface area contributed by atoms with E-state index in [0.29, 0.717) is 0 Å². The Morgan fingerprint density at radius 3 is 1.46 bits per heavy atom. The van der Waals surface area contributed by atoms with Crippen molar-refractivity contribution < 1.29 is 32.5 Å². The fourth-order valence-electron chi connectivity index (χ4n) is 2.27. The van der Waals surface area contributed by atoms with Crippen LogP contribution >= 0.6 is 0 Å². The van der Waals surface area contributed by atoms with E-state index >= 15 is 0 Å². The molecular weight excluding hydrogens is 433 g/mol. The summed E-state index contributed by atoms with van der Waals surface area (Å²) < 4.78 is 11.7. The van der Waals surface area contributed by atoms with Gasteiger partial charge in [0.2, 0.25) is 0 Å². The number of carboxylic acid groups (broad SMARTS) is 1. The first-order valence-corrected chi connectivity index (χ1v) is 17.5. The maximum atomic E-state index is 11.1. The molecule has 0 aromatic heterocycles. The Bertz CT molecular complexity index is 318. The van der Waals surface area contributed by atoms with Crippen molar-refractivity contribution in [2.75, 3.05) is 13.2 Å². The first-order chi connectivity index (χ1) is 8.95. The van der Waals surface area contributed by atoms with Crippen LogP contribution in [-0.4, -0.2) is 70.0 Å². The number of hydrogen-bond donors (Lipinski definition) is 4. The summed E-state index contributed by atoms with van der Waals surface area (Å²) in [6.45, 7) is 6.42. The predicted molar refractivity (Wildman–Crippen MR) is 122 cm³/mol. The van der Waals surface area contributed by atoms with Crippen LogP contribution in [0.2, 0.25) is 41.9 Å². The number of hydrogen-bond acceptors (Lipinski definition) is 6. The standard InChI is InChI=1S/C10H26GeO7Si2.6CH4/c1-19(2,16)18-20(3,4)17-11(5-7-12,6-8-13)9-10(14)15;;;;;;/h12-13,16H,5-9H2,1-4H3,(H,14,15);6*1H4. The zero-order valence-corrected chi connectivity index (χ0v) is 16.6. The van der Waals surface area contributed by atoms with Crippen LogP contribution in [0.1, 0.15) is 44.6 Å². The van der Waals surface area contributed by atoms with Crippen molar-refractivity contribution in [1.29, 1.82) is 0 Å². The molecule has 0 bridgehead atoms. The van der Waals surface area contributed by atoms with Crippen molar-refractivity contribution in [3.05, 3.63) is 0 Å². The predicted octanol–water partition coefficient (Wildman–Crippen LogP) is 4.25. The third-order valence-corrected chi connectivity index (χ3v) is 20.0. The second kappa shape index (κ2) is 18.6. The van der Waals surface area contributed by atoms with Crippen LogP contribution in [0, 0.1) is 0 Å². The van der Waals surface area contributed by atoms with E-state index in [1.807, 2.05) is 0 Å². The fourth-order valence-corrected chi connectivity index (χ4v) is 21.8. The normalized spacial score (nSPS) is 10.4. The third-order valence-electron chi connectivity index (χ3n) is 2.57. The van der Waals surface area contributed by atoms with Gasteiger partial charge >= 0.3 is 124 Å². The molecular formula is C16H50GeO7Si2. The molecule has 0 fully saturated rings. The van der Waals surface area contributed by atoms with Gasteiger partial charge in [0, 0.05) is 0 Å². The molecule has 0 spiro atoms. The van der Waals surface area contributed by atoms with E-state index in [2.05, 4.69) is 0 Å². The van der Waals surface area contributed by atoms with E-state index in [1.54, 1.807) is 26.2 Å². The average molecular weight is 483 g/mol. The number of aliphatic hydroxyl groups excluding tert-OH is 2. The van der Waals surface area contributed by atoms with E-state index in [1.165, 1.54) is 0 Å². The number of carboxylic acids is 1. The van der Waals surface area contributed by atoms with Gasteiger partial charge in [-0.2, -0.15) is 0 Å².